The highest BCUT2D eigenvalue weighted by Crippen LogP contribution is 2.25. The van der Waals surface area contributed by atoms with Crippen molar-refractivity contribution in [2.24, 2.45) is 5.92 Å². The van der Waals surface area contributed by atoms with E-state index < -0.39 is 0 Å². The number of aromatic nitrogens is 2. The highest BCUT2D eigenvalue weighted by molar-refractivity contribution is 14.1. The summed E-state index contributed by atoms with van der Waals surface area (Å²) in [5.74, 6) is 1.75. The number of nitrogen functional groups attached to an aromatic ring is 1. The third kappa shape index (κ3) is 3.34. The van der Waals surface area contributed by atoms with Crippen LogP contribution in [0.15, 0.2) is 24.3 Å². The number of aromatic hydroxyl groups is 1. The van der Waals surface area contributed by atoms with Crippen molar-refractivity contribution < 1.29 is 5.11 Å². The van der Waals surface area contributed by atoms with Crippen molar-refractivity contribution in [2.45, 2.75) is 20.3 Å². The van der Waals surface area contributed by atoms with Gasteiger partial charge in [0.25, 0.3) is 0 Å². The van der Waals surface area contributed by atoms with Crippen LogP contribution >= 0.6 is 22.6 Å². The van der Waals surface area contributed by atoms with Gasteiger partial charge in [0.2, 0.25) is 0 Å². The zero-order chi connectivity index (χ0) is 14.0. The van der Waals surface area contributed by atoms with Crippen LogP contribution in [0.3, 0.4) is 0 Å². The van der Waals surface area contributed by atoms with E-state index in [1.165, 1.54) is 0 Å². The summed E-state index contributed by atoms with van der Waals surface area (Å²) in [6, 6.07) is 6.89. The summed E-state index contributed by atoms with van der Waals surface area (Å²) in [4.78, 5) is 8.87. The summed E-state index contributed by atoms with van der Waals surface area (Å²) in [5, 5.41) is 9.52. The fraction of sp³-hybridized carbons (Fsp3) is 0.286. The first-order valence-corrected chi connectivity index (χ1v) is 7.16. The SMILES string of the molecule is CC(C)Cc1nc(-c2cccc(O)c2)nc(N)c1I. The van der Waals surface area contributed by atoms with Crippen LogP contribution in [-0.4, -0.2) is 15.1 Å². The fourth-order valence-electron chi connectivity index (χ4n) is 1.81. The molecule has 0 aliphatic heterocycles. The molecule has 0 bridgehead atoms. The van der Waals surface area contributed by atoms with E-state index in [9.17, 15) is 5.11 Å². The first kappa shape index (κ1) is 14.0. The molecule has 2 aromatic rings. The maximum Gasteiger partial charge on any atom is 0.161 e. The van der Waals surface area contributed by atoms with Gasteiger partial charge in [0.05, 0.1) is 9.26 Å². The summed E-state index contributed by atoms with van der Waals surface area (Å²) in [7, 11) is 0. The molecule has 100 valence electrons. The van der Waals surface area contributed by atoms with E-state index in [1.807, 2.05) is 6.07 Å². The number of phenolic OH excluding ortho intramolecular Hbond substituents is 1. The Kier molecular flexibility index (Phi) is 4.24. The summed E-state index contributed by atoms with van der Waals surface area (Å²) in [5.41, 5.74) is 7.68. The molecule has 1 aromatic carbocycles. The van der Waals surface area contributed by atoms with Crippen LogP contribution in [0, 0.1) is 9.49 Å². The minimum absolute atomic E-state index is 0.198. The molecule has 19 heavy (non-hydrogen) atoms. The number of halogens is 1. The monoisotopic (exact) mass is 369 g/mol. The van der Waals surface area contributed by atoms with E-state index in [0.717, 1.165) is 21.2 Å². The normalized spacial score (nSPS) is 10.9. The number of rotatable bonds is 3. The first-order chi connectivity index (χ1) is 8.97. The zero-order valence-electron chi connectivity index (χ0n) is 10.9. The Morgan fingerprint density at radius 3 is 2.68 bits per heavy atom. The maximum absolute atomic E-state index is 9.52. The van der Waals surface area contributed by atoms with Gasteiger partial charge in [-0.05, 0) is 47.1 Å². The van der Waals surface area contributed by atoms with E-state index in [-0.39, 0.29) is 5.75 Å². The highest BCUT2D eigenvalue weighted by atomic mass is 127. The van der Waals surface area contributed by atoms with Crippen LogP contribution in [-0.2, 0) is 6.42 Å². The molecule has 1 aromatic heterocycles. The molecule has 0 unspecified atom stereocenters. The molecule has 0 fully saturated rings. The molecule has 0 atom stereocenters. The zero-order valence-corrected chi connectivity index (χ0v) is 13.0. The molecule has 5 heteroatoms. The summed E-state index contributed by atoms with van der Waals surface area (Å²) < 4.78 is 0.912. The summed E-state index contributed by atoms with van der Waals surface area (Å²) >= 11 is 2.18. The van der Waals surface area contributed by atoms with Crippen molar-refractivity contribution in [1.82, 2.24) is 9.97 Å². The van der Waals surface area contributed by atoms with Crippen molar-refractivity contribution in [1.29, 1.82) is 0 Å². The topological polar surface area (TPSA) is 72.0 Å². The second kappa shape index (κ2) is 5.73. The smallest absolute Gasteiger partial charge is 0.161 e. The van der Waals surface area contributed by atoms with E-state index in [2.05, 4.69) is 46.4 Å². The number of benzene rings is 1. The number of hydrogen-bond donors (Lipinski definition) is 2. The number of nitrogens with zero attached hydrogens (tertiary/aromatic N) is 2. The van der Waals surface area contributed by atoms with Crippen LogP contribution in [0.1, 0.15) is 19.5 Å². The molecule has 2 rings (SSSR count). The third-order valence-electron chi connectivity index (χ3n) is 2.65. The van der Waals surface area contributed by atoms with Crippen LogP contribution in [0.25, 0.3) is 11.4 Å². The van der Waals surface area contributed by atoms with Gasteiger partial charge in [-0.15, -0.1) is 0 Å². The van der Waals surface area contributed by atoms with Crippen molar-refractivity contribution in [2.75, 3.05) is 5.73 Å². The molecule has 1 heterocycles. The molecular weight excluding hydrogens is 353 g/mol. The number of phenols is 1. The second-order valence-electron chi connectivity index (χ2n) is 4.84. The number of hydrogen-bond acceptors (Lipinski definition) is 4. The Balaban J connectivity index is 2.50. The van der Waals surface area contributed by atoms with Crippen LogP contribution in [0.2, 0.25) is 0 Å². The Hall–Kier alpha value is -1.37. The average molecular weight is 369 g/mol. The van der Waals surface area contributed by atoms with Gasteiger partial charge in [-0.3, -0.25) is 0 Å². The second-order valence-corrected chi connectivity index (χ2v) is 5.92. The molecule has 4 nitrogen and oxygen atoms in total. The van der Waals surface area contributed by atoms with Gasteiger partial charge >= 0.3 is 0 Å². The maximum atomic E-state index is 9.52. The van der Waals surface area contributed by atoms with Crippen molar-refractivity contribution in [3.05, 3.63) is 33.5 Å². The number of anilines is 1. The predicted octanol–water partition coefficient (Wildman–Crippen LogP) is 3.23. The number of nitrogens with two attached hydrogens (primary N) is 1. The summed E-state index contributed by atoms with van der Waals surface area (Å²) in [6.45, 7) is 4.28. The standard InChI is InChI=1S/C14H16IN3O/c1-8(2)6-11-12(15)13(16)18-14(17-11)9-4-3-5-10(19)7-9/h3-5,7-8,19H,6H2,1-2H3,(H2,16,17,18). The molecule has 0 saturated heterocycles. The van der Waals surface area contributed by atoms with Crippen molar-refractivity contribution in [3.8, 4) is 17.1 Å². The van der Waals surface area contributed by atoms with Crippen molar-refractivity contribution in [3.63, 3.8) is 0 Å². The molecule has 0 saturated carbocycles. The van der Waals surface area contributed by atoms with Crippen molar-refractivity contribution >= 4 is 28.4 Å². The molecule has 3 N–H and O–H groups in total. The van der Waals surface area contributed by atoms with Crippen LogP contribution in [0.4, 0.5) is 5.82 Å². The minimum atomic E-state index is 0.198. The van der Waals surface area contributed by atoms with E-state index in [0.29, 0.717) is 17.6 Å². The first-order valence-electron chi connectivity index (χ1n) is 6.08. The Bertz CT molecular complexity index is 599. The van der Waals surface area contributed by atoms with Gasteiger partial charge in [0.15, 0.2) is 5.82 Å². The lowest BCUT2D eigenvalue weighted by Crippen LogP contribution is -2.07. The lowest BCUT2D eigenvalue weighted by Gasteiger charge is -2.11. The minimum Gasteiger partial charge on any atom is -0.508 e. The van der Waals surface area contributed by atoms with Gasteiger partial charge in [0, 0.05) is 5.56 Å². The predicted molar refractivity (Wildman–Crippen MR) is 84.8 cm³/mol. The van der Waals surface area contributed by atoms with E-state index in [4.69, 9.17) is 5.73 Å². The van der Waals surface area contributed by atoms with Gasteiger partial charge in [-0.2, -0.15) is 0 Å². The fourth-order valence-corrected chi connectivity index (χ4v) is 2.27. The molecule has 0 radical (unpaired) electrons. The third-order valence-corrected chi connectivity index (χ3v) is 3.83. The van der Waals surface area contributed by atoms with E-state index in [1.54, 1.807) is 18.2 Å². The Morgan fingerprint density at radius 1 is 1.32 bits per heavy atom. The molecule has 0 aliphatic rings. The van der Waals surface area contributed by atoms with Crippen LogP contribution in [0.5, 0.6) is 5.75 Å². The highest BCUT2D eigenvalue weighted by Gasteiger charge is 2.12. The van der Waals surface area contributed by atoms with E-state index >= 15 is 0 Å². The quantitative estimate of drug-likeness (QED) is 0.815. The lowest BCUT2D eigenvalue weighted by molar-refractivity contribution is 0.475. The van der Waals surface area contributed by atoms with Gasteiger partial charge in [0.1, 0.15) is 11.6 Å². The van der Waals surface area contributed by atoms with Gasteiger partial charge < -0.3 is 10.8 Å². The molecule has 0 aliphatic carbocycles. The summed E-state index contributed by atoms with van der Waals surface area (Å²) in [6.07, 6.45) is 0.858. The molecule has 0 spiro atoms. The largest absolute Gasteiger partial charge is 0.508 e. The Labute approximate surface area is 126 Å². The van der Waals surface area contributed by atoms with Gasteiger partial charge in [-0.25, -0.2) is 9.97 Å². The molecule has 0 amide bonds. The van der Waals surface area contributed by atoms with Gasteiger partial charge in [-0.1, -0.05) is 26.0 Å². The van der Waals surface area contributed by atoms with Crippen LogP contribution < -0.4 is 5.73 Å². The lowest BCUT2D eigenvalue weighted by atomic mass is 10.1. The average Bonchev–Trinajstić information content (AvgIpc) is 2.34. The molecular formula is C14H16IN3O. The Morgan fingerprint density at radius 2 is 2.05 bits per heavy atom.